The van der Waals surface area contributed by atoms with E-state index in [1.165, 1.54) is 13.8 Å². The van der Waals surface area contributed by atoms with Crippen LogP contribution in [0.4, 0.5) is 9.18 Å². The van der Waals surface area contributed by atoms with Crippen LogP contribution in [0.2, 0.25) is 0 Å². The predicted molar refractivity (Wildman–Crippen MR) is 54.4 cm³/mol. The molecular formula is C10H18FNO3. The largest absolute Gasteiger partial charge is 0.453 e. The number of Topliss-reactive ketones (excluding diaryl/α,β-unsaturated/α-hetero) is 1. The predicted octanol–water partition coefficient (Wildman–Crippen LogP) is 1.68. The summed E-state index contributed by atoms with van der Waals surface area (Å²) in [6.45, 7) is 5.79. The molecule has 0 radical (unpaired) electrons. The molecule has 0 heterocycles. The molecule has 0 spiro atoms. The van der Waals surface area contributed by atoms with E-state index in [1.54, 1.807) is 13.8 Å². The first-order valence-corrected chi connectivity index (χ1v) is 4.77. The number of amides is 1. The van der Waals surface area contributed by atoms with Gasteiger partial charge in [0.25, 0.3) is 0 Å². The van der Waals surface area contributed by atoms with Gasteiger partial charge in [-0.1, -0.05) is 13.8 Å². The Hall–Kier alpha value is -1.13. The number of alkyl carbamates (subject to hydrolysis) is 1. The van der Waals surface area contributed by atoms with E-state index in [4.69, 9.17) is 0 Å². The van der Waals surface area contributed by atoms with E-state index in [0.29, 0.717) is 0 Å². The fourth-order valence-electron chi connectivity index (χ4n) is 1.09. The Morgan fingerprint density at radius 2 is 1.80 bits per heavy atom. The van der Waals surface area contributed by atoms with Crippen molar-refractivity contribution in [3.8, 4) is 0 Å². The quantitative estimate of drug-likeness (QED) is 0.782. The average molecular weight is 219 g/mol. The lowest BCUT2D eigenvalue weighted by molar-refractivity contribution is -0.127. The molecule has 0 fully saturated rings. The van der Waals surface area contributed by atoms with Crippen LogP contribution in [0.1, 0.15) is 27.7 Å². The minimum Gasteiger partial charge on any atom is -0.453 e. The zero-order valence-electron chi connectivity index (χ0n) is 9.76. The molecule has 0 saturated heterocycles. The molecule has 0 rings (SSSR count). The molecule has 0 bridgehead atoms. The van der Waals surface area contributed by atoms with Crippen LogP contribution in [0, 0.1) is 5.92 Å². The van der Waals surface area contributed by atoms with Crippen LogP contribution >= 0.6 is 0 Å². The molecule has 1 N–H and O–H groups in total. The lowest BCUT2D eigenvalue weighted by Gasteiger charge is -2.27. The molecule has 0 aliphatic rings. The third-order valence-electron chi connectivity index (χ3n) is 1.99. The second-order valence-corrected chi connectivity index (χ2v) is 4.19. The van der Waals surface area contributed by atoms with Crippen molar-refractivity contribution in [2.24, 2.45) is 5.92 Å². The summed E-state index contributed by atoms with van der Waals surface area (Å²) in [7, 11) is 1.16. The van der Waals surface area contributed by atoms with Crippen LogP contribution in [0.3, 0.4) is 0 Å². The number of ketones is 1. The van der Waals surface area contributed by atoms with Gasteiger partial charge >= 0.3 is 6.09 Å². The highest BCUT2D eigenvalue weighted by Gasteiger charge is 2.37. The molecular weight excluding hydrogens is 201 g/mol. The summed E-state index contributed by atoms with van der Waals surface area (Å²) < 4.78 is 18.0. The van der Waals surface area contributed by atoms with Gasteiger partial charge in [0.05, 0.1) is 7.11 Å². The highest BCUT2D eigenvalue weighted by molar-refractivity contribution is 5.89. The minimum atomic E-state index is -1.81. The Bertz CT molecular complexity index is 246. The van der Waals surface area contributed by atoms with Crippen molar-refractivity contribution in [2.75, 3.05) is 7.11 Å². The molecule has 5 heteroatoms. The number of hydrogen-bond donors (Lipinski definition) is 1. The van der Waals surface area contributed by atoms with E-state index in [1.807, 2.05) is 0 Å². The molecule has 4 nitrogen and oxygen atoms in total. The van der Waals surface area contributed by atoms with Crippen LogP contribution < -0.4 is 5.32 Å². The van der Waals surface area contributed by atoms with Crippen molar-refractivity contribution in [1.29, 1.82) is 0 Å². The molecule has 0 saturated carbocycles. The van der Waals surface area contributed by atoms with E-state index < -0.39 is 17.8 Å². The average Bonchev–Trinajstić information content (AvgIpc) is 2.10. The van der Waals surface area contributed by atoms with Crippen LogP contribution in [0.5, 0.6) is 0 Å². The lowest BCUT2D eigenvalue weighted by Crippen LogP contribution is -2.53. The Morgan fingerprint density at radius 3 is 2.07 bits per heavy atom. The van der Waals surface area contributed by atoms with Crippen molar-refractivity contribution >= 4 is 11.9 Å². The summed E-state index contributed by atoms with van der Waals surface area (Å²) in [4.78, 5) is 22.6. The van der Waals surface area contributed by atoms with Gasteiger partial charge in [-0.15, -0.1) is 0 Å². The molecule has 1 amide bonds. The summed E-state index contributed by atoms with van der Waals surface area (Å²) in [5, 5.41) is 2.20. The highest BCUT2D eigenvalue weighted by atomic mass is 19.1. The summed E-state index contributed by atoms with van der Waals surface area (Å²) in [5.41, 5.74) is -1.81. The number of carbonyl (C=O) groups is 2. The topological polar surface area (TPSA) is 55.4 Å². The van der Waals surface area contributed by atoms with Crippen molar-refractivity contribution in [1.82, 2.24) is 5.32 Å². The molecule has 0 aromatic carbocycles. The molecule has 15 heavy (non-hydrogen) atoms. The van der Waals surface area contributed by atoms with Crippen molar-refractivity contribution in [2.45, 2.75) is 39.4 Å². The van der Waals surface area contributed by atoms with E-state index >= 15 is 0 Å². The van der Waals surface area contributed by atoms with Gasteiger partial charge in [0.1, 0.15) is 11.7 Å². The van der Waals surface area contributed by atoms with Crippen molar-refractivity contribution in [3.63, 3.8) is 0 Å². The number of alkyl halides is 1. The summed E-state index contributed by atoms with van der Waals surface area (Å²) in [6, 6.07) is -1.18. The molecule has 0 aromatic rings. The first-order chi connectivity index (χ1) is 6.70. The monoisotopic (exact) mass is 219 g/mol. The Kier molecular flexibility index (Phi) is 4.71. The first kappa shape index (κ1) is 13.9. The molecule has 1 unspecified atom stereocenters. The number of hydrogen-bond acceptors (Lipinski definition) is 3. The highest BCUT2D eigenvalue weighted by Crippen LogP contribution is 2.18. The van der Waals surface area contributed by atoms with Gasteiger partial charge < -0.3 is 10.1 Å². The third kappa shape index (κ3) is 4.27. The normalized spacial score (nSPS) is 13.5. The van der Waals surface area contributed by atoms with Gasteiger partial charge in [0.2, 0.25) is 0 Å². The summed E-state index contributed by atoms with van der Waals surface area (Å²) in [6.07, 6.45) is -0.806. The zero-order chi connectivity index (χ0) is 12.2. The van der Waals surface area contributed by atoms with Crippen LogP contribution in [0.25, 0.3) is 0 Å². The van der Waals surface area contributed by atoms with Crippen molar-refractivity contribution in [3.05, 3.63) is 0 Å². The van der Waals surface area contributed by atoms with E-state index in [9.17, 15) is 14.0 Å². The Labute approximate surface area is 89.2 Å². The van der Waals surface area contributed by atoms with Crippen LogP contribution in [-0.2, 0) is 9.53 Å². The van der Waals surface area contributed by atoms with E-state index in [-0.39, 0.29) is 11.7 Å². The fourth-order valence-corrected chi connectivity index (χ4v) is 1.09. The number of methoxy groups -OCH3 is 1. The maximum atomic E-state index is 13.7. The van der Waals surface area contributed by atoms with Gasteiger partial charge in [-0.25, -0.2) is 9.18 Å². The standard InChI is InChI=1S/C10H18FNO3/c1-6(2)7(13)8(10(3,4)11)12-9(14)15-5/h6,8H,1-5H3,(H,12,14). The molecule has 1 atom stereocenters. The summed E-state index contributed by atoms with van der Waals surface area (Å²) in [5.74, 6) is -0.699. The number of ether oxygens (including phenoxy) is 1. The minimum absolute atomic E-state index is 0.345. The SMILES string of the molecule is COC(=O)NC(C(=O)C(C)C)C(C)(C)F. The Balaban J connectivity index is 4.75. The second kappa shape index (κ2) is 5.09. The van der Waals surface area contributed by atoms with Gasteiger partial charge in [-0.3, -0.25) is 4.79 Å². The first-order valence-electron chi connectivity index (χ1n) is 4.77. The Morgan fingerprint density at radius 1 is 1.33 bits per heavy atom. The van der Waals surface area contributed by atoms with E-state index in [0.717, 1.165) is 7.11 Å². The third-order valence-corrected chi connectivity index (χ3v) is 1.99. The lowest BCUT2D eigenvalue weighted by atomic mass is 9.91. The number of rotatable bonds is 4. The molecule has 0 aliphatic carbocycles. The molecule has 0 aromatic heterocycles. The molecule has 88 valence electrons. The molecule has 0 aliphatic heterocycles. The number of nitrogens with one attached hydrogen (secondary N) is 1. The maximum Gasteiger partial charge on any atom is 0.407 e. The fraction of sp³-hybridized carbons (Fsp3) is 0.800. The van der Waals surface area contributed by atoms with Gasteiger partial charge in [-0.2, -0.15) is 0 Å². The van der Waals surface area contributed by atoms with Gasteiger partial charge in [0.15, 0.2) is 5.78 Å². The number of carbonyl (C=O) groups excluding carboxylic acids is 2. The van der Waals surface area contributed by atoms with Crippen LogP contribution in [0.15, 0.2) is 0 Å². The summed E-state index contributed by atoms with van der Waals surface area (Å²) >= 11 is 0. The zero-order valence-corrected chi connectivity index (χ0v) is 9.76. The van der Waals surface area contributed by atoms with Crippen molar-refractivity contribution < 1.29 is 18.7 Å². The smallest absolute Gasteiger partial charge is 0.407 e. The van der Waals surface area contributed by atoms with E-state index in [2.05, 4.69) is 10.1 Å². The van der Waals surface area contributed by atoms with Crippen LogP contribution in [-0.4, -0.2) is 30.7 Å². The van der Waals surface area contributed by atoms with Gasteiger partial charge in [-0.05, 0) is 13.8 Å². The van der Waals surface area contributed by atoms with Gasteiger partial charge in [0, 0.05) is 5.92 Å². The second-order valence-electron chi connectivity index (χ2n) is 4.19. The number of halogens is 1. The maximum absolute atomic E-state index is 13.7.